The van der Waals surface area contributed by atoms with E-state index in [1.807, 2.05) is 4.90 Å². The molecule has 28 heavy (non-hydrogen) atoms. The summed E-state index contributed by atoms with van der Waals surface area (Å²) in [6.45, 7) is 5.79. The van der Waals surface area contributed by atoms with Crippen LogP contribution in [0.2, 0.25) is 0 Å². The number of ether oxygens (including phenoxy) is 1. The highest BCUT2D eigenvalue weighted by atomic mass is 35.5. The monoisotopic (exact) mass is 430 g/mol. The number of rotatable bonds is 7. The summed E-state index contributed by atoms with van der Waals surface area (Å²) in [4.78, 5) is 27.6. The number of hydrogen-bond donors (Lipinski definition) is 1. The Bertz CT molecular complexity index is 688. The SMILES string of the molecule is COc1ccc(CSCC(=O)N2CCC(N3CCNCC3)C2)cc1[N+](=O)[O-].Cl. The minimum Gasteiger partial charge on any atom is -0.490 e. The van der Waals surface area contributed by atoms with Crippen molar-refractivity contribution in [3.63, 3.8) is 0 Å². The number of likely N-dealkylation sites (tertiary alicyclic amines) is 1. The molecule has 3 rings (SSSR count). The van der Waals surface area contributed by atoms with E-state index in [4.69, 9.17) is 4.74 Å². The Morgan fingerprint density at radius 3 is 2.79 bits per heavy atom. The van der Waals surface area contributed by atoms with Crippen LogP contribution in [0.5, 0.6) is 5.75 Å². The fourth-order valence-electron chi connectivity index (χ4n) is 3.63. The fraction of sp³-hybridized carbons (Fsp3) is 0.611. The zero-order valence-corrected chi connectivity index (χ0v) is 17.6. The lowest BCUT2D eigenvalue weighted by atomic mass is 10.2. The third-order valence-electron chi connectivity index (χ3n) is 5.12. The first-order chi connectivity index (χ1) is 13.1. The number of nitro groups is 1. The van der Waals surface area contributed by atoms with Crippen molar-refractivity contribution < 1.29 is 14.5 Å². The summed E-state index contributed by atoms with van der Waals surface area (Å²) in [7, 11) is 1.42. The van der Waals surface area contributed by atoms with Crippen molar-refractivity contribution in [2.75, 3.05) is 52.1 Å². The van der Waals surface area contributed by atoms with Crippen LogP contribution in [0.15, 0.2) is 18.2 Å². The van der Waals surface area contributed by atoms with E-state index < -0.39 is 4.92 Å². The molecule has 10 heteroatoms. The number of nitrogens with zero attached hydrogens (tertiary/aromatic N) is 3. The highest BCUT2D eigenvalue weighted by Gasteiger charge is 2.30. The van der Waals surface area contributed by atoms with Crippen molar-refractivity contribution in [1.29, 1.82) is 0 Å². The molecular formula is C18H27ClN4O4S. The molecule has 0 saturated carbocycles. The molecule has 1 unspecified atom stereocenters. The van der Waals surface area contributed by atoms with Gasteiger partial charge in [-0.2, -0.15) is 0 Å². The quantitative estimate of drug-likeness (QED) is 0.521. The molecule has 1 N–H and O–H groups in total. The Labute approximate surface area is 175 Å². The van der Waals surface area contributed by atoms with Gasteiger partial charge in [-0.05, 0) is 18.1 Å². The normalized spacial score (nSPS) is 19.9. The van der Waals surface area contributed by atoms with Gasteiger partial charge >= 0.3 is 5.69 Å². The van der Waals surface area contributed by atoms with Crippen LogP contribution in [0.4, 0.5) is 5.69 Å². The van der Waals surface area contributed by atoms with Crippen LogP contribution in [0.1, 0.15) is 12.0 Å². The maximum atomic E-state index is 12.5. The number of hydrogen-bond acceptors (Lipinski definition) is 7. The second kappa shape index (κ2) is 10.8. The van der Waals surface area contributed by atoms with E-state index in [0.717, 1.165) is 51.3 Å². The van der Waals surface area contributed by atoms with Crippen LogP contribution in [0.3, 0.4) is 0 Å². The van der Waals surface area contributed by atoms with Crippen molar-refractivity contribution in [3.05, 3.63) is 33.9 Å². The van der Waals surface area contributed by atoms with Crippen LogP contribution in [-0.4, -0.2) is 78.8 Å². The molecule has 156 valence electrons. The van der Waals surface area contributed by atoms with E-state index in [9.17, 15) is 14.9 Å². The number of piperazine rings is 1. The molecule has 1 aromatic rings. The Morgan fingerprint density at radius 1 is 1.36 bits per heavy atom. The smallest absolute Gasteiger partial charge is 0.311 e. The summed E-state index contributed by atoms with van der Waals surface area (Å²) in [6.07, 6.45) is 1.04. The van der Waals surface area contributed by atoms with Gasteiger partial charge in [0.2, 0.25) is 5.91 Å². The van der Waals surface area contributed by atoms with Crippen LogP contribution in [0, 0.1) is 10.1 Å². The molecule has 0 spiro atoms. The van der Waals surface area contributed by atoms with E-state index in [1.165, 1.54) is 24.9 Å². The van der Waals surface area contributed by atoms with Crippen molar-refractivity contribution in [1.82, 2.24) is 15.1 Å². The molecular weight excluding hydrogens is 404 g/mol. The van der Waals surface area contributed by atoms with E-state index in [1.54, 1.807) is 12.1 Å². The number of nitrogens with one attached hydrogen (secondary N) is 1. The molecule has 8 nitrogen and oxygen atoms in total. The maximum absolute atomic E-state index is 12.5. The summed E-state index contributed by atoms with van der Waals surface area (Å²) in [5.41, 5.74) is 0.778. The molecule has 2 aliphatic rings. The summed E-state index contributed by atoms with van der Waals surface area (Å²) < 4.78 is 5.01. The zero-order valence-electron chi connectivity index (χ0n) is 16.0. The average Bonchev–Trinajstić information content (AvgIpc) is 3.19. The van der Waals surface area contributed by atoms with Gasteiger partial charge in [0.15, 0.2) is 5.75 Å². The second-order valence-corrected chi connectivity index (χ2v) is 7.81. The van der Waals surface area contributed by atoms with Gasteiger partial charge in [0.1, 0.15) is 0 Å². The summed E-state index contributed by atoms with van der Waals surface area (Å²) in [5.74, 6) is 1.36. The lowest BCUT2D eigenvalue weighted by molar-refractivity contribution is -0.385. The number of methoxy groups -OCH3 is 1. The van der Waals surface area contributed by atoms with Crippen molar-refractivity contribution in [3.8, 4) is 5.75 Å². The Kier molecular flexibility index (Phi) is 8.81. The minimum absolute atomic E-state index is 0. The Balaban J connectivity index is 0.00000280. The molecule has 2 aliphatic heterocycles. The van der Waals surface area contributed by atoms with Gasteiger partial charge < -0.3 is 15.0 Å². The molecule has 0 aromatic heterocycles. The van der Waals surface area contributed by atoms with Crippen LogP contribution in [0.25, 0.3) is 0 Å². The predicted molar refractivity (Wildman–Crippen MR) is 112 cm³/mol. The van der Waals surface area contributed by atoms with Gasteiger partial charge in [-0.15, -0.1) is 24.2 Å². The van der Waals surface area contributed by atoms with Gasteiger partial charge in [-0.1, -0.05) is 6.07 Å². The van der Waals surface area contributed by atoms with E-state index in [-0.39, 0.29) is 29.8 Å². The van der Waals surface area contributed by atoms with Gasteiger partial charge in [-0.25, -0.2) is 0 Å². The molecule has 1 amide bonds. The molecule has 0 aliphatic carbocycles. The predicted octanol–water partition coefficient (Wildman–Crippen LogP) is 1.76. The first-order valence-electron chi connectivity index (χ1n) is 9.20. The fourth-order valence-corrected chi connectivity index (χ4v) is 4.50. The Hall–Kier alpha value is -1.55. The average molecular weight is 431 g/mol. The number of benzene rings is 1. The lowest BCUT2D eigenvalue weighted by Crippen LogP contribution is -2.49. The van der Waals surface area contributed by atoms with E-state index in [0.29, 0.717) is 17.5 Å². The van der Waals surface area contributed by atoms with Crippen LogP contribution >= 0.6 is 24.2 Å². The topological polar surface area (TPSA) is 88.0 Å². The molecule has 2 heterocycles. The third-order valence-corrected chi connectivity index (χ3v) is 6.11. The van der Waals surface area contributed by atoms with Crippen LogP contribution in [-0.2, 0) is 10.5 Å². The third kappa shape index (κ3) is 5.73. The first kappa shape index (κ1) is 22.7. The highest BCUT2D eigenvalue weighted by Crippen LogP contribution is 2.29. The molecule has 1 aromatic carbocycles. The standard InChI is InChI=1S/C18H26N4O4S.ClH/c1-26-17-3-2-14(10-16(17)22(24)25)12-27-13-18(23)21-7-4-15(11-21)20-8-5-19-6-9-20;/h2-3,10,15,19H,4-9,11-13H2,1H3;1H. The number of amides is 1. The number of nitro benzene ring substituents is 1. The zero-order chi connectivity index (χ0) is 19.2. The summed E-state index contributed by atoms with van der Waals surface area (Å²) >= 11 is 1.49. The number of carbonyl (C=O) groups is 1. The van der Waals surface area contributed by atoms with Gasteiger partial charge in [-0.3, -0.25) is 19.8 Å². The molecule has 0 bridgehead atoms. The number of halogens is 1. The van der Waals surface area contributed by atoms with Gasteiger partial charge in [0.05, 0.1) is 17.8 Å². The number of carbonyl (C=O) groups excluding carboxylic acids is 1. The van der Waals surface area contributed by atoms with Crippen molar-refractivity contribution in [2.24, 2.45) is 0 Å². The second-order valence-electron chi connectivity index (χ2n) is 6.82. The van der Waals surface area contributed by atoms with Crippen LogP contribution < -0.4 is 10.1 Å². The minimum atomic E-state index is -0.446. The highest BCUT2D eigenvalue weighted by molar-refractivity contribution is 7.99. The van der Waals surface area contributed by atoms with Crippen molar-refractivity contribution in [2.45, 2.75) is 18.2 Å². The van der Waals surface area contributed by atoms with Gasteiger partial charge in [0, 0.05) is 57.1 Å². The molecule has 2 saturated heterocycles. The molecule has 1 atom stereocenters. The lowest BCUT2D eigenvalue weighted by Gasteiger charge is -2.32. The maximum Gasteiger partial charge on any atom is 0.311 e. The molecule has 2 fully saturated rings. The number of thioether (sulfide) groups is 1. The van der Waals surface area contributed by atoms with Gasteiger partial charge in [0.25, 0.3) is 0 Å². The summed E-state index contributed by atoms with van der Waals surface area (Å²) in [5, 5.41) is 14.5. The molecule has 0 radical (unpaired) electrons. The van der Waals surface area contributed by atoms with E-state index in [2.05, 4.69) is 10.2 Å². The van der Waals surface area contributed by atoms with E-state index >= 15 is 0 Å². The largest absolute Gasteiger partial charge is 0.490 e. The first-order valence-corrected chi connectivity index (χ1v) is 10.4. The summed E-state index contributed by atoms with van der Waals surface area (Å²) in [6, 6.07) is 5.41. The van der Waals surface area contributed by atoms with Crippen molar-refractivity contribution >= 4 is 35.8 Å². The Morgan fingerprint density at radius 2 is 2.11 bits per heavy atom.